The minimum Gasteiger partial charge on any atom is -0.382 e. The summed E-state index contributed by atoms with van der Waals surface area (Å²) in [4.78, 5) is 10.8. The normalized spacial score (nSPS) is 11.7. The summed E-state index contributed by atoms with van der Waals surface area (Å²) in [6.45, 7) is 4.53. The van der Waals surface area contributed by atoms with Crippen LogP contribution in [-0.4, -0.2) is 16.0 Å². The fraction of sp³-hybridized carbons (Fsp3) is 0.500. The van der Waals surface area contributed by atoms with E-state index in [0.29, 0.717) is 5.76 Å². The highest BCUT2D eigenvalue weighted by Gasteiger charge is 2.22. The van der Waals surface area contributed by atoms with Crippen molar-refractivity contribution in [3.8, 4) is 0 Å². The van der Waals surface area contributed by atoms with Crippen molar-refractivity contribution in [2.45, 2.75) is 26.4 Å². The zero-order valence-corrected chi connectivity index (χ0v) is 7.29. The number of aliphatic hydroxyl groups is 1. The highest BCUT2D eigenvalue weighted by atomic mass is 16.5. The molecule has 0 bridgehead atoms. The van der Waals surface area contributed by atoms with Gasteiger partial charge in [0.15, 0.2) is 11.5 Å². The Morgan fingerprint density at radius 3 is 2.50 bits per heavy atom. The largest absolute Gasteiger partial charge is 0.382 e. The Morgan fingerprint density at radius 2 is 2.25 bits per heavy atom. The van der Waals surface area contributed by atoms with Crippen molar-refractivity contribution in [3.63, 3.8) is 0 Å². The zero-order valence-electron chi connectivity index (χ0n) is 7.29. The van der Waals surface area contributed by atoms with Crippen molar-refractivity contribution in [1.82, 2.24) is 5.16 Å². The molecule has 0 unspecified atom stereocenters. The van der Waals surface area contributed by atoms with Gasteiger partial charge in [0, 0.05) is 13.0 Å². The van der Waals surface area contributed by atoms with Crippen molar-refractivity contribution in [1.29, 1.82) is 0 Å². The minimum atomic E-state index is -1.08. The Kier molecular flexibility index (Phi) is 2.02. The maximum Gasteiger partial charge on any atom is 0.181 e. The molecular formula is C8H11NO3. The van der Waals surface area contributed by atoms with Gasteiger partial charge in [0.05, 0.1) is 0 Å². The first-order valence-electron chi connectivity index (χ1n) is 3.62. The number of Topliss-reactive ketones (excluding diaryl/α,β-unsaturated/α-hetero) is 1. The third-order valence-corrected chi connectivity index (χ3v) is 1.47. The van der Waals surface area contributed by atoms with E-state index in [9.17, 15) is 9.90 Å². The monoisotopic (exact) mass is 169 g/mol. The quantitative estimate of drug-likeness (QED) is 0.673. The van der Waals surface area contributed by atoms with Crippen LogP contribution >= 0.6 is 0 Å². The Hall–Kier alpha value is -1.16. The molecule has 0 radical (unpaired) electrons. The molecule has 0 aliphatic carbocycles. The predicted octanol–water partition coefficient (Wildman–Crippen LogP) is 1.10. The SMILES string of the molecule is CC(=O)c1cc(C(C)(C)O)on1. The average molecular weight is 169 g/mol. The molecule has 0 fully saturated rings. The zero-order chi connectivity index (χ0) is 9.35. The number of carbonyl (C=O) groups is 1. The van der Waals surface area contributed by atoms with Gasteiger partial charge >= 0.3 is 0 Å². The first-order valence-corrected chi connectivity index (χ1v) is 3.62. The summed E-state index contributed by atoms with van der Waals surface area (Å²) < 4.78 is 4.77. The highest BCUT2D eigenvalue weighted by Crippen LogP contribution is 2.19. The summed E-state index contributed by atoms with van der Waals surface area (Å²) >= 11 is 0. The van der Waals surface area contributed by atoms with Crippen LogP contribution < -0.4 is 0 Å². The smallest absolute Gasteiger partial charge is 0.181 e. The van der Waals surface area contributed by atoms with E-state index in [2.05, 4.69) is 5.16 Å². The van der Waals surface area contributed by atoms with Gasteiger partial charge in [-0.3, -0.25) is 4.79 Å². The lowest BCUT2D eigenvalue weighted by atomic mass is 10.1. The maximum atomic E-state index is 10.8. The predicted molar refractivity (Wildman–Crippen MR) is 41.8 cm³/mol. The van der Waals surface area contributed by atoms with E-state index in [-0.39, 0.29) is 11.5 Å². The number of ketones is 1. The van der Waals surface area contributed by atoms with Gasteiger partial charge in [-0.25, -0.2) is 0 Å². The van der Waals surface area contributed by atoms with Crippen molar-refractivity contribution >= 4 is 5.78 Å². The number of hydrogen-bond donors (Lipinski definition) is 1. The van der Waals surface area contributed by atoms with Gasteiger partial charge in [0.1, 0.15) is 11.3 Å². The Morgan fingerprint density at radius 1 is 1.67 bits per heavy atom. The number of carbonyl (C=O) groups excluding carboxylic acids is 1. The molecule has 1 aromatic rings. The second-order valence-corrected chi connectivity index (χ2v) is 3.19. The van der Waals surface area contributed by atoms with Crippen LogP contribution in [0.25, 0.3) is 0 Å². The molecule has 0 amide bonds. The number of aromatic nitrogens is 1. The summed E-state index contributed by atoms with van der Waals surface area (Å²) in [6, 6.07) is 1.45. The second-order valence-electron chi connectivity index (χ2n) is 3.19. The molecule has 0 saturated carbocycles. The molecule has 1 aromatic heterocycles. The fourth-order valence-corrected chi connectivity index (χ4v) is 0.729. The standard InChI is InChI=1S/C8H11NO3/c1-5(10)6-4-7(12-9-6)8(2,3)11/h4,11H,1-3H3. The Bertz CT molecular complexity index is 295. The lowest BCUT2D eigenvalue weighted by Gasteiger charge is -2.10. The first-order chi connectivity index (χ1) is 5.41. The van der Waals surface area contributed by atoms with Crippen LogP contribution in [0.3, 0.4) is 0 Å². The van der Waals surface area contributed by atoms with Crippen molar-refractivity contribution in [2.75, 3.05) is 0 Å². The lowest BCUT2D eigenvalue weighted by molar-refractivity contribution is 0.0474. The number of nitrogens with zero attached hydrogens (tertiary/aromatic N) is 1. The molecule has 0 aliphatic heterocycles. The molecule has 1 N–H and O–H groups in total. The van der Waals surface area contributed by atoms with Gasteiger partial charge in [-0.2, -0.15) is 0 Å². The number of hydrogen-bond acceptors (Lipinski definition) is 4. The molecule has 1 heterocycles. The van der Waals surface area contributed by atoms with Crippen molar-refractivity contribution in [2.24, 2.45) is 0 Å². The van der Waals surface area contributed by atoms with Crippen LogP contribution in [0.2, 0.25) is 0 Å². The molecule has 0 saturated heterocycles. The summed E-state index contributed by atoms with van der Waals surface area (Å²) in [7, 11) is 0. The molecule has 0 atom stereocenters. The van der Waals surface area contributed by atoms with Crippen LogP contribution in [0.4, 0.5) is 0 Å². The molecule has 4 heteroatoms. The van der Waals surface area contributed by atoms with Gasteiger partial charge in [-0.15, -0.1) is 0 Å². The average Bonchev–Trinajstić information content (AvgIpc) is 2.30. The Balaban J connectivity index is 3.00. The topological polar surface area (TPSA) is 63.3 Å². The van der Waals surface area contributed by atoms with Gasteiger partial charge in [-0.1, -0.05) is 5.16 Å². The summed E-state index contributed by atoms with van der Waals surface area (Å²) in [6.07, 6.45) is 0. The molecule has 0 aliphatic rings. The van der Waals surface area contributed by atoms with Crippen LogP contribution in [0, 0.1) is 0 Å². The van der Waals surface area contributed by atoms with E-state index in [1.54, 1.807) is 13.8 Å². The van der Waals surface area contributed by atoms with Crippen LogP contribution in [-0.2, 0) is 5.60 Å². The van der Waals surface area contributed by atoms with E-state index in [1.807, 2.05) is 0 Å². The van der Waals surface area contributed by atoms with Crippen molar-refractivity contribution in [3.05, 3.63) is 17.5 Å². The van der Waals surface area contributed by atoms with E-state index in [0.717, 1.165) is 0 Å². The van der Waals surface area contributed by atoms with Gasteiger partial charge < -0.3 is 9.63 Å². The third-order valence-electron chi connectivity index (χ3n) is 1.47. The van der Waals surface area contributed by atoms with E-state index in [1.165, 1.54) is 13.0 Å². The second kappa shape index (κ2) is 2.71. The number of rotatable bonds is 2. The summed E-state index contributed by atoms with van der Waals surface area (Å²) in [5, 5.41) is 12.9. The maximum absolute atomic E-state index is 10.8. The van der Waals surface area contributed by atoms with Gasteiger partial charge in [0.2, 0.25) is 0 Å². The molecule has 0 aromatic carbocycles. The minimum absolute atomic E-state index is 0.172. The lowest BCUT2D eigenvalue weighted by Crippen LogP contribution is -2.13. The van der Waals surface area contributed by atoms with Gasteiger partial charge in [0.25, 0.3) is 0 Å². The fourth-order valence-electron chi connectivity index (χ4n) is 0.729. The summed E-state index contributed by atoms with van der Waals surface area (Å²) in [5.74, 6) is 0.127. The first kappa shape index (κ1) is 8.93. The molecule has 4 nitrogen and oxygen atoms in total. The molecule has 0 spiro atoms. The molecular weight excluding hydrogens is 158 g/mol. The molecule has 12 heavy (non-hydrogen) atoms. The van der Waals surface area contributed by atoms with E-state index >= 15 is 0 Å². The van der Waals surface area contributed by atoms with Crippen molar-refractivity contribution < 1.29 is 14.4 Å². The third kappa shape index (κ3) is 1.71. The molecule has 66 valence electrons. The van der Waals surface area contributed by atoms with Crippen LogP contribution in [0.1, 0.15) is 37.0 Å². The Labute approximate surface area is 70.2 Å². The molecule has 1 rings (SSSR count). The van der Waals surface area contributed by atoms with Crippen LogP contribution in [0.15, 0.2) is 10.6 Å². The van der Waals surface area contributed by atoms with Gasteiger partial charge in [-0.05, 0) is 13.8 Å². The summed E-state index contributed by atoms with van der Waals surface area (Å²) in [5.41, 5.74) is -0.840. The van der Waals surface area contributed by atoms with E-state index in [4.69, 9.17) is 4.52 Å². The highest BCUT2D eigenvalue weighted by molar-refractivity contribution is 5.91. The van der Waals surface area contributed by atoms with Crippen LogP contribution in [0.5, 0.6) is 0 Å². The van der Waals surface area contributed by atoms with E-state index < -0.39 is 5.60 Å².